The quantitative estimate of drug-likeness (QED) is 0.727. The Hall–Kier alpha value is -3.56. The number of pyridine rings is 1. The summed E-state index contributed by atoms with van der Waals surface area (Å²) in [6.45, 7) is 1.95. The van der Waals surface area contributed by atoms with Crippen LogP contribution in [0.25, 0.3) is 0 Å². The Balaban J connectivity index is 1.68. The molecule has 0 aliphatic carbocycles. The van der Waals surface area contributed by atoms with Crippen molar-refractivity contribution in [3.8, 4) is 5.75 Å². The lowest BCUT2D eigenvalue weighted by molar-refractivity contribution is 0.0687. The maximum Gasteiger partial charge on any atom is 0.274 e. The molecule has 1 aromatic carbocycles. The molecule has 2 amide bonds. The number of fused-ring (bicyclic) bond motifs is 4. The van der Waals surface area contributed by atoms with Crippen molar-refractivity contribution in [3.05, 3.63) is 74.5 Å². The second-order valence-corrected chi connectivity index (χ2v) is 7.63. The summed E-state index contributed by atoms with van der Waals surface area (Å²) >= 11 is 0. The Morgan fingerprint density at radius 1 is 1.23 bits per heavy atom. The molecule has 1 unspecified atom stereocenters. The topological polar surface area (TPSA) is 91.6 Å². The summed E-state index contributed by atoms with van der Waals surface area (Å²) in [5.74, 6) is -5.85. The lowest BCUT2D eigenvalue weighted by Gasteiger charge is -2.34. The van der Waals surface area contributed by atoms with Gasteiger partial charge < -0.3 is 19.9 Å². The first kappa shape index (κ1) is 20.7. The van der Waals surface area contributed by atoms with Crippen LogP contribution in [0.4, 0.5) is 13.2 Å². The lowest BCUT2D eigenvalue weighted by Crippen LogP contribution is -2.44. The van der Waals surface area contributed by atoms with Gasteiger partial charge in [0.05, 0.1) is 6.04 Å². The Morgan fingerprint density at radius 3 is 2.58 bits per heavy atom. The molecule has 0 fully saturated rings. The maximum absolute atomic E-state index is 13.8. The summed E-state index contributed by atoms with van der Waals surface area (Å²) in [4.78, 5) is 39.4. The molecule has 7 nitrogen and oxygen atoms in total. The third-order valence-electron chi connectivity index (χ3n) is 5.52. The molecule has 2 aliphatic heterocycles. The van der Waals surface area contributed by atoms with E-state index < -0.39 is 58.1 Å². The van der Waals surface area contributed by atoms with Gasteiger partial charge in [-0.05, 0) is 13.3 Å². The van der Waals surface area contributed by atoms with Crippen LogP contribution in [0.15, 0.2) is 34.8 Å². The predicted octanol–water partition coefficient (Wildman–Crippen LogP) is 2.25. The van der Waals surface area contributed by atoms with E-state index in [1.54, 1.807) is 0 Å². The number of halogens is 3. The predicted molar refractivity (Wildman–Crippen MR) is 103 cm³/mol. The van der Waals surface area contributed by atoms with Crippen molar-refractivity contribution in [1.29, 1.82) is 0 Å². The van der Waals surface area contributed by atoms with Gasteiger partial charge in [0.2, 0.25) is 5.43 Å². The molecular weight excluding hydrogens is 415 g/mol. The highest BCUT2D eigenvalue weighted by Gasteiger charge is 2.36. The van der Waals surface area contributed by atoms with E-state index in [-0.39, 0.29) is 11.7 Å². The molecule has 2 aliphatic rings. The standard InChI is InChI=1S/C21H18F3N3O4/c1-10-2-3-26-8-12(4-10)27-9-14(18(28)19(29)17(27)21(26)31)20(30)25-7-13-15(23)5-11(22)6-16(13)24/h2,5-6,9,12,29H,3-4,7-8H2,1H3,(H,25,30). The van der Waals surface area contributed by atoms with Gasteiger partial charge in [0, 0.05) is 43.5 Å². The molecule has 1 atom stereocenters. The van der Waals surface area contributed by atoms with Gasteiger partial charge in [-0.15, -0.1) is 0 Å². The minimum atomic E-state index is -1.19. The number of amides is 2. The van der Waals surface area contributed by atoms with Crippen LogP contribution in [0.3, 0.4) is 0 Å². The number of hydrogen-bond donors (Lipinski definition) is 2. The molecule has 0 spiro atoms. The van der Waals surface area contributed by atoms with Crippen molar-refractivity contribution >= 4 is 11.8 Å². The van der Waals surface area contributed by atoms with E-state index in [0.717, 1.165) is 5.57 Å². The number of allylic oxidation sites excluding steroid dienone is 1. The Labute approximate surface area is 174 Å². The summed E-state index contributed by atoms with van der Waals surface area (Å²) in [5, 5.41) is 12.6. The number of benzene rings is 1. The highest BCUT2D eigenvalue weighted by Crippen LogP contribution is 2.32. The van der Waals surface area contributed by atoms with Gasteiger partial charge in [0.1, 0.15) is 23.0 Å². The molecule has 0 saturated carbocycles. The number of carbonyl (C=O) groups excluding carboxylic acids is 2. The highest BCUT2D eigenvalue weighted by atomic mass is 19.1. The Kier molecular flexibility index (Phi) is 5.08. The van der Waals surface area contributed by atoms with E-state index in [9.17, 15) is 32.7 Å². The first-order chi connectivity index (χ1) is 14.7. The summed E-state index contributed by atoms with van der Waals surface area (Å²) in [6.07, 6.45) is 3.62. The largest absolute Gasteiger partial charge is 0.503 e. The van der Waals surface area contributed by atoms with E-state index in [1.807, 2.05) is 13.0 Å². The monoisotopic (exact) mass is 433 g/mol. The zero-order chi connectivity index (χ0) is 22.4. The van der Waals surface area contributed by atoms with Crippen LogP contribution in [-0.4, -0.2) is 39.5 Å². The van der Waals surface area contributed by atoms with Crippen molar-refractivity contribution in [2.45, 2.75) is 25.9 Å². The number of rotatable bonds is 3. The zero-order valence-electron chi connectivity index (χ0n) is 16.4. The van der Waals surface area contributed by atoms with Crippen LogP contribution in [-0.2, 0) is 6.54 Å². The van der Waals surface area contributed by atoms with E-state index in [1.165, 1.54) is 15.7 Å². The molecule has 31 heavy (non-hydrogen) atoms. The fraction of sp³-hybridized carbons (Fsp3) is 0.286. The smallest absolute Gasteiger partial charge is 0.274 e. The van der Waals surface area contributed by atoms with Crippen molar-refractivity contribution in [2.24, 2.45) is 0 Å². The molecule has 162 valence electrons. The van der Waals surface area contributed by atoms with Crippen LogP contribution >= 0.6 is 0 Å². The number of hydrogen-bond acceptors (Lipinski definition) is 4. The second-order valence-electron chi connectivity index (χ2n) is 7.63. The van der Waals surface area contributed by atoms with Crippen LogP contribution in [0.2, 0.25) is 0 Å². The first-order valence-corrected chi connectivity index (χ1v) is 9.52. The summed E-state index contributed by atoms with van der Waals surface area (Å²) < 4.78 is 42.1. The van der Waals surface area contributed by atoms with E-state index >= 15 is 0 Å². The van der Waals surface area contributed by atoms with E-state index in [0.29, 0.717) is 31.6 Å². The average Bonchev–Trinajstić information content (AvgIpc) is 2.87. The minimum Gasteiger partial charge on any atom is -0.503 e. The number of carbonyl (C=O) groups is 2. The molecule has 3 heterocycles. The van der Waals surface area contributed by atoms with Crippen molar-refractivity contribution < 1.29 is 27.9 Å². The second kappa shape index (κ2) is 7.60. The average molecular weight is 433 g/mol. The Morgan fingerprint density at radius 2 is 1.90 bits per heavy atom. The van der Waals surface area contributed by atoms with Gasteiger partial charge in [0.15, 0.2) is 11.4 Å². The van der Waals surface area contributed by atoms with Crippen LogP contribution in [0, 0.1) is 17.5 Å². The SMILES string of the molecule is CC1=CCN2CC(C1)n1cc(C(=O)NCc3c(F)cc(F)cc3F)c(=O)c(O)c1C2=O. The molecule has 10 heteroatoms. The summed E-state index contributed by atoms with van der Waals surface area (Å²) in [7, 11) is 0. The number of aromatic nitrogens is 1. The van der Waals surface area contributed by atoms with E-state index in [4.69, 9.17) is 0 Å². The van der Waals surface area contributed by atoms with Crippen LogP contribution in [0.5, 0.6) is 5.75 Å². The maximum atomic E-state index is 13.8. The van der Waals surface area contributed by atoms with Gasteiger partial charge in [-0.25, -0.2) is 13.2 Å². The van der Waals surface area contributed by atoms with Gasteiger partial charge >= 0.3 is 0 Å². The highest BCUT2D eigenvalue weighted by molar-refractivity contribution is 5.99. The Bertz CT molecular complexity index is 1180. The van der Waals surface area contributed by atoms with Crippen molar-refractivity contribution in [3.63, 3.8) is 0 Å². The molecule has 2 N–H and O–H groups in total. The van der Waals surface area contributed by atoms with Gasteiger partial charge in [-0.2, -0.15) is 0 Å². The van der Waals surface area contributed by atoms with Gasteiger partial charge in [-0.1, -0.05) is 11.6 Å². The molecular formula is C21H18F3N3O4. The van der Waals surface area contributed by atoms with Gasteiger partial charge in [-0.3, -0.25) is 14.4 Å². The van der Waals surface area contributed by atoms with Gasteiger partial charge in [0.25, 0.3) is 11.8 Å². The molecule has 4 rings (SSSR count). The molecule has 0 radical (unpaired) electrons. The minimum absolute atomic E-state index is 0.198. The normalized spacial score (nSPS) is 17.7. The van der Waals surface area contributed by atoms with Crippen LogP contribution < -0.4 is 10.7 Å². The zero-order valence-corrected chi connectivity index (χ0v) is 16.4. The van der Waals surface area contributed by atoms with E-state index in [2.05, 4.69) is 5.32 Å². The van der Waals surface area contributed by atoms with Crippen molar-refractivity contribution in [1.82, 2.24) is 14.8 Å². The molecule has 2 bridgehead atoms. The fourth-order valence-corrected chi connectivity index (χ4v) is 3.90. The lowest BCUT2D eigenvalue weighted by atomic mass is 10.0. The van der Waals surface area contributed by atoms with Crippen molar-refractivity contribution in [2.75, 3.05) is 13.1 Å². The molecule has 2 aromatic rings. The molecule has 1 aromatic heterocycles. The first-order valence-electron chi connectivity index (χ1n) is 9.52. The third kappa shape index (κ3) is 3.58. The number of nitrogens with one attached hydrogen (secondary N) is 1. The molecule has 0 saturated heterocycles. The summed E-state index contributed by atoms with van der Waals surface area (Å²) in [6, 6.07) is 0.656. The fourth-order valence-electron chi connectivity index (χ4n) is 3.90. The third-order valence-corrected chi connectivity index (χ3v) is 5.52. The number of nitrogens with zero attached hydrogens (tertiary/aromatic N) is 2. The summed E-state index contributed by atoms with van der Waals surface area (Å²) in [5.41, 5.74) is -1.30. The van der Waals surface area contributed by atoms with Crippen LogP contribution in [0.1, 0.15) is 45.8 Å². The number of aromatic hydroxyl groups is 1.